The highest BCUT2D eigenvalue weighted by Crippen LogP contribution is 2.38. The molecule has 0 aliphatic heterocycles. The molecule has 8 heteroatoms. The van der Waals surface area contributed by atoms with Crippen LogP contribution in [0.3, 0.4) is 0 Å². The molecule has 0 bridgehead atoms. The van der Waals surface area contributed by atoms with Gasteiger partial charge in [-0.3, -0.25) is 14.9 Å². The van der Waals surface area contributed by atoms with Gasteiger partial charge < -0.3 is 13.9 Å². The van der Waals surface area contributed by atoms with E-state index in [9.17, 15) is 9.59 Å². The van der Waals surface area contributed by atoms with Crippen LogP contribution < -0.4 is 10.1 Å². The van der Waals surface area contributed by atoms with E-state index in [-0.39, 0.29) is 18.3 Å². The van der Waals surface area contributed by atoms with Crippen LogP contribution in [0.15, 0.2) is 21.9 Å². The lowest BCUT2D eigenvalue weighted by atomic mass is 9.98. The van der Waals surface area contributed by atoms with E-state index in [1.165, 1.54) is 17.4 Å². The van der Waals surface area contributed by atoms with Gasteiger partial charge in [-0.2, -0.15) is 0 Å². The highest BCUT2D eigenvalue weighted by Gasteiger charge is 2.19. The summed E-state index contributed by atoms with van der Waals surface area (Å²) >= 11 is 1.26. The van der Waals surface area contributed by atoms with Crippen molar-refractivity contribution in [2.75, 3.05) is 18.5 Å². The summed E-state index contributed by atoms with van der Waals surface area (Å²) in [6, 6.07) is 2.01. The second-order valence-corrected chi connectivity index (χ2v) is 8.27. The number of hydrogen-bond donors (Lipinski definition) is 1. The highest BCUT2D eigenvalue weighted by molar-refractivity contribution is 7.14. The van der Waals surface area contributed by atoms with Gasteiger partial charge in [0.25, 0.3) is 0 Å². The van der Waals surface area contributed by atoms with Gasteiger partial charge in [0.15, 0.2) is 5.13 Å². The van der Waals surface area contributed by atoms with Gasteiger partial charge in [0.2, 0.25) is 5.91 Å². The molecule has 2 aromatic heterocycles. The maximum absolute atomic E-state index is 12.6. The number of amides is 1. The van der Waals surface area contributed by atoms with E-state index in [1.54, 1.807) is 12.3 Å². The van der Waals surface area contributed by atoms with Crippen molar-refractivity contribution in [1.82, 2.24) is 4.98 Å². The van der Waals surface area contributed by atoms with Crippen molar-refractivity contribution in [3.8, 4) is 5.75 Å². The van der Waals surface area contributed by atoms with E-state index >= 15 is 0 Å². The predicted octanol–water partition coefficient (Wildman–Crippen LogP) is 5.36. The molecule has 1 N–H and O–H groups in total. The minimum absolute atomic E-state index is 0.0789. The van der Waals surface area contributed by atoms with Gasteiger partial charge in [-0.15, -0.1) is 11.3 Å². The van der Waals surface area contributed by atoms with Gasteiger partial charge in [0.05, 0.1) is 25.3 Å². The number of allylic oxidation sites excluding steroid dienone is 1. The molecule has 1 amide bonds. The van der Waals surface area contributed by atoms with E-state index < -0.39 is 0 Å². The molecule has 0 unspecified atom stereocenters. The van der Waals surface area contributed by atoms with Crippen molar-refractivity contribution < 1.29 is 23.5 Å². The lowest BCUT2D eigenvalue weighted by molar-refractivity contribution is -0.142. The second-order valence-electron chi connectivity index (χ2n) is 7.41. The quantitative estimate of drug-likeness (QED) is 0.362. The Kier molecular flexibility index (Phi) is 7.35. The molecule has 32 heavy (non-hydrogen) atoms. The number of fused-ring (bicyclic) bond motifs is 1. The Balaban J connectivity index is 1.85. The van der Waals surface area contributed by atoms with Crippen LogP contribution >= 0.6 is 11.3 Å². The van der Waals surface area contributed by atoms with Crippen molar-refractivity contribution in [2.24, 2.45) is 0 Å². The van der Waals surface area contributed by atoms with Gasteiger partial charge in [-0.05, 0) is 58.7 Å². The summed E-state index contributed by atoms with van der Waals surface area (Å²) in [5.74, 6) is 0.927. The third-order valence-electron chi connectivity index (χ3n) is 5.12. The number of benzene rings is 1. The van der Waals surface area contributed by atoms with Crippen LogP contribution in [-0.4, -0.2) is 30.1 Å². The zero-order valence-corrected chi connectivity index (χ0v) is 20.1. The minimum atomic E-state index is -0.342. The average Bonchev–Trinajstić information content (AvgIpc) is 3.28. The summed E-state index contributed by atoms with van der Waals surface area (Å²) in [6.45, 7) is 12.3. The van der Waals surface area contributed by atoms with Gasteiger partial charge in [0.1, 0.15) is 17.1 Å². The van der Waals surface area contributed by atoms with Crippen LogP contribution in [0.1, 0.15) is 48.9 Å². The first-order chi connectivity index (χ1) is 15.2. The summed E-state index contributed by atoms with van der Waals surface area (Å²) in [5.41, 5.74) is 4.96. The van der Waals surface area contributed by atoms with Crippen LogP contribution in [0.4, 0.5) is 5.13 Å². The summed E-state index contributed by atoms with van der Waals surface area (Å²) in [7, 11) is 0. The van der Waals surface area contributed by atoms with Crippen molar-refractivity contribution in [3.63, 3.8) is 0 Å². The first kappa shape index (κ1) is 23.5. The van der Waals surface area contributed by atoms with E-state index in [2.05, 4.69) is 10.3 Å². The van der Waals surface area contributed by atoms with Crippen molar-refractivity contribution in [1.29, 1.82) is 0 Å². The number of ether oxygens (including phenoxy) is 2. The molecular weight excluding hydrogens is 428 g/mol. The second kappa shape index (κ2) is 9.99. The number of furan rings is 1. The Bertz CT molecular complexity index is 1190. The van der Waals surface area contributed by atoms with Crippen molar-refractivity contribution in [2.45, 2.75) is 48.0 Å². The summed E-state index contributed by atoms with van der Waals surface area (Å²) in [4.78, 5) is 28.5. The number of hydrogen-bond acceptors (Lipinski definition) is 7. The number of carbonyl (C=O) groups is 2. The van der Waals surface area contributed by atoms with E-state index in [0.29, 0.717) is 29.8 Å². The fraction of sp³-hybridized carbons (Fsp3) is 0.375. The molecule has 3 aromatic rings. The Morgan fingerprint density at radius 1 is 1.19 bits per heavy atom. The molecule has 0 aliphatic rings. The Morgan fingerprint density at radius 2 is 1.94 bits per heavy atom. The molecule has 0 spiro atoms. The largest absolute Gasteiger partial charge is 0.493 e. The number of rotatable bonds is 8. The Hall–Kier alpha value is -3.13. The molecule has 0 atom stereocenters. The van der Waals surface area contributed by atoms with Crippen LogP contribution in [-0.2, 0) is 20.7 Å². The van der Waals surface area contributed by atoms with Crippen LogP contribution in [0.5, 0.6) is 5.75 Å². The SMILES string of the molecule is CCOC(=O)Cc1csc(NC(=O)/C=C(\C)c2cc3c(C)c(C)oc3c(C)c2OCC)n1. The Morgan fingerprint density at radius 3 is 2.62 bits per heavy atom. The van der Waals surface area contributed by atoms with Gasteiger partial charge >= 0.3 is 5.97 Å². The number of thiazole rings is 1. The number of aromatic nitrogens is 1. The highest BCUT2D eigenvalue weighted by atomic mass is 32.1. The number of nitrogens with one attached hydrogen (secondary N) is 1. The van der Waals surface area contributed by atoms with Crippen molar-refractivity contribution in [3.05, 3.63) is 45.7 Å². The minimum Gasteiger partial charge on any atom is -0.493 e. The monoisotopic (exact) mass is 456 g/mol. The number of carbonyl (C=O) groups excluding carboxylic acids is 2. The third kappa shape index (κ3) is 5.02. The van der Waals surface area contributed by atoms with Gasteiger partial charge in [-0.25, -0.2) is 4.98 Å². The molecule has 0 fully saturated rings. The number of anilines is 1. The zero-order chi connectivity index (χ0) is 23.4. The number of esters is 1. The molecule has 0 aliphatic carbocycles. The molecule has 3 rings (SSSR count). The van der Waals surface area contributed by atoms with Crippen molar-refractivity contribution >= 4 is 44.9 Å². The third-order valence-corrected chi connectivity index (χ3v) is 5.93. The molecule has 0 saturated heterocycles. The Labute approximate surface area is 191 Å². The normalized spacial score (nSPS) is 11.6. The smallest absolute Gasteiger partial charge is 0.311 e. The van der Waals surface area contributed by atoms with Gasteiger partial charge in [0, 0.05) is 28.0 Å². The summed E-state index contributed by atoms with van der Waals surface area (Å²) < 4.78 is 16.8. The fourth-order valence-corrected chi connectivity index (χ4v) is 4.17. The molecule has 7 nitrogen and oxygen atoms in total. The zero-order valence-electron chi connectivity index (χ0n) is 19.3. The van der Waals surface area contributed by atoms with E-state index in [1.807, 2.05) is 40.7 Å². The average molecular weight is 457 g/mol. The fourth-order valence-electron chi connectivity index (χ4n) is 3.46. The first-order valence-electron chi connectivity index (χ1n) is 10.5. The molecule has 0 saturated carbocycles. The van der Waals surface area contributed by atoms with Crippen LogP contribution in [0.25, 0.3) is 16.5 Å². The maximum atomic E-state index is 12.6. The molecule has 2 heterocycles. The lowest BCUT2D eigenvalue weighted by Crippen LogP contribution is -2.10. The lowest BCUT2D eigenvalue weighted by Gasteiger charge is -2.14. The topological polar surface area (TPSA) is 90.7 Å². The van der Waals surface area contributed by atoms with Gasteiger partial charge in [-0.1, -0.05) is 0 Å². The van der Waals surface area contributed by atoms with Crippen LogP contribution in [0.2, 0.25) is 0 Å². The van der Waals surface area contributed by atoms with E-state index in [4.69, 9.17) is 13.9 Å². The van der Waals surface area contributed by atoms with E-state index in [0.717, 1.165) is 39.0 Å². The first-order valence-corrected chi connectivity index (χ1v) is 11.4. The summed E-state index contributed by atoms with van der Waals surface area (Å²) in [6.07, 6.45) is 1.60. The molecule has 170 valence electrons. The summed E-state index contributed by atoms with van der Waals surface area (Å²) in [5, 5.41) is 5.94. The maximum Gasteiger partial charge on any atom is 0.311 e. The van der Waals surface area contributed by atoms with Crippen LogP contribution in [0, 0.1) is 20.8 Å². The molecule has 0 radical (unpaired) electrons. The predicted molar refractivity (Wildman–Crippen MR) is 126 cm³/mol. The standard InChI is InChI=1S/C24H28N2O5S/c1-7-29-21(28)10-17-12-32-24(25-17)26-20(27)9-13(3)18-11-19-14(4)16(6)31-23(19)15(5)22(18)30-8-2/h9,11-12H,7-8,10H2,1-6H3,(H,25,26,27)/b13-9+. The molecular formula is C24H28N2O5S. The number of nitrogens with zero attached hydrogens (tertiary/aromatic N) is 1. The molecule has 1 aromatic carbocycles. The number of aryl methyl sites for hydroxylation is 3.